The summed E-state index contributed by atoms with van der Waals surface area (Å²) < 4.78 is 5.35. The van der Waals surface area contributed by atoms with E-state index in [2.05, 4.69) is 10.3 Å². The van der Waals surface area contributed by atoms with Crippen LogP contribution in [0.15, 0.2) is 88.7 Å². The Hall–Kier alpha value is -3.18. The van der Waals surface area contributed by atoms with Gasteiger partial charge in [0, 0.05) is 16.3 Å². The zero-order valence-electron chi connectivity index (χ0n) is 16.3. The highest BCUT2D eigenvalue weighted by Crippen LogP contribution is 2.38. The third kappa shape index (κ3) is 4.15. The Bertz CT molecular complexity index is 1120. The predicted octanol–water partition coefficient (Wildman–Crippen LogP) is 5.82. The second-order valence-electron chi connectivity index (χ2n) is 6.76. The molecular weight excluding hydrogens is 380 g/mol. The van der Waals surface area contributed by atoms with Crippen LogP contribution in [0.25, 0.3) is 10.9 Å². The molecule has 0 aliphatic rings. The quantitative estimate of drug-likeness (QED) is 0.427. The average molecular weight is 403 g/mol. The minimum absolute atomic E-state index is 0.0979. The van der Waals surface area contributed by atoms with E-state index in [0.29, 0.717) is 5.69 Å². The van der Waals surface area contributed by atoms with Crippen LogP contribution in [0.1, 0.15) is 29.0 Å². The molecule has 0 fully saturated rings. The molecule has 1 atom stereocenters. The van der Waals surface area contributed by atoms with Crippen LogP contribution in [0, 0.1) is 0 Å². The van der Waals surface area contributed by atoms with E-state index >= 15 is 0 Å². The van der Waals surface area contributed by atoms with Crippen LogP contribution in [0.3, 0.4) is 0 Å². The summed E-state index contributed by atoms with van der Waals surface area (Å²) in [5, 5.41) is 4.11. The molecule has 0 radical (unpaired) electrons. The first-order valence-electron chi connectivity index (χ1n) is 9.44. The Balaban J connectivity index is 1.71. The van der Waals surface area contributed by atoms with Crippen molar-refractivity contribution in [2.75, 3.05) is 7.11 Å². The van der Waals surface area contributed by atoms with Gasteiger partial charge in [0.15, 0.2) is 0 Å². The molecule has 1 heterocycles. The first-order chi connectivity index (χ1) is 14.2. The van der Waals surface area contributed by atoms with Gasteiger partial charge in [-0.25, -0.2) is 0 Å². The first kappa shape index (κ1) is 19.2. The van der Waals surface area contributed by atoms with Gasteiger partial charge in [-0.3, -0.25) is 4.79 Å². The number of H-pyrrole nitrogens is 1. The zero-order chi connectivity index (χ0) is 20.2. The maximum atomic E-state index is 13.2. The van der Waals surface area contributed by atoms with Gasteiger partial charge in [0.2, 0.25) is 0 Å². The van der Waals surface area contributed by atoms with Crippen molar-refractivity contribution in [2.24, 2.45) is 0 Å². The Kier molecular flexibility index (Phi) is 5.58. The number of hydrogen-bond acceptors (Lipinski definition) is 3. The van der Waals surface area contributed by atoms with Crippen molar-refractivity contribution >= 4 is 28.6 Å². The normalized spacial score (nSPS) is 11.9. The van der Waals surface area contributed by atoms with E-state index in [-0.39, 0.29) is 11.9 Å². The Morgan fingerprint density at radius 1 is 1.00 bits per heavy atom. The fourth-order valence-corrected chi connectivity index (χ4v) is 4.31. The molecule has 1 amide bonds. The fourth-order valence-electron chi connectivity index (χ4n) is 3.24. The van der Waals surface area contributed by atoms with Crippen LogP contribution in [-0.2, 0) is 0 Å². The maximum Gasteiger partial charge on any atom is 0.269 e. The number of aromatic amines is 1. The smallest absolute Gasteiger partial charge is 0.269 e. The van der Waals surface area contributed by atoms with Crippen LogP contribution in [0.2, 0.25) is 0 Å². The number of hydrogen-bond donors (Lipinski definition) is 2. The molecule has 0 saturated carbocycles. The molecule has 3 aromatic carbocycles. The van der Waals surface area contributed by atoms with Crippen molar-refractivity contribution in [3.05, 3.63) is 90.1 Å². The molecule has 0 unspecified atom stereocenters. The van der Waals surface area contributed by atoms with Gasteiger partial charge in [0.1, 0.15) is 11.4 Å². The van der Waals surface area contributed by atoms with Crippen molar-refractivity contribution in [1.29, 1.82) is 0 Å². The van der Waals surface area contributed by atoms with E-state index in [1.807, 2.05) is 85.8 Å². The van der Waals surface area contributed by atoms with Crippen LogP contribution >= 0.6 is 11.8 Å². The molecule has 2 N–H and O–H groups in total. The van der Waals surface area contributed by atoms with Gasteiger partial charge >= 0.3 is 0 Å². The van der Waals surface area contributed by atoms with Crippen molar-refractivity contribution in [2.45, 2.75) is 22.8 Å². The second-order valence-corrected chi connectivity index (χ2v) is 7.85. The summed E-state index contributed by atoms with van der Waals surface area (Å²) in [6.45, 7) is 1.99. The van der Waals surface area contributed by atoms with Gasteiger partial charge in [-0.05, 0) is 36.8 Å². The molecule has 29 heavy (non-hydrogen) atoms. The number of nitrogens with one attached hydrogen (secondary N) is 2. The Labute approximate surface area is 174 Å². The van der Waals surface area contributed by atoms with Crippen LogP contribution < -0.4 is 10.1 Å². The Morgan fingerprint density at radius 2 is 1.69 bits per heavy atom. The number of amides is 1. The molecule has 4 aromatic rings. The van der Waals surface area contributed by atoms with Crippen LogP contribution in [-0.4, -0.2) is 18.0 Å². The summed E-state index contributed by atoms with van der Waals surface area (Å²) in [4.78, 5) is 18.5. The highest BCUT2D eigenvalue weighted by atomic mass is 32.2. The first-order valence-corrected chi connectivity index (χ1v) is 10.3. The number of ether oxygens (including phenoxy) is 1. The summed E-state index contributed by atoms with van der Waals surface area (Å²) in [6, 6.07) is 25.7. The van der Waals surface area contributed by atoms with E-state index < -0.39 is 0 Å². The number of methoxy groups -OCH3 is 1. The molecule has 4 nitrogen and oxygen atoms in total. The van der Waals surface area contributed by atoms with Gasteiger partial charge in [-0.1, -0.05) is 60.3 Å². The topological polar surface area (TPSA) is 54.1 Å². The molecular formula is C24H22N2O2S. The number of fused-ring (bicyclic) bond motifs is 1. The summed E-state index contributed by atoms with van der Waals surface area (Å²) >= 11 is 1.58. The highest BCUT2D eigenvalue weighted by Gasteiger charge is 2.21. The Morgan fingerprint density at radius 3 is 2.38 bits per heavy atom. The largest absolute Gasteiger partial charge is 0.497 e. The lowest BCUT2D eigenvalue weighted by Crippen LogP contribution is -2.27. The summed E-state index contributed by atoms with van der Waals surface area (Å²) in [7, 11) is 1.64. The highest BCUT2D eigenvalue weighted by molar-refractivity contribution is 7.99. The van der Waals surface area contributed by atoms with Crippen molar-refractivity contribution in [1.82, 2.24) is 10.3 Å². The standard InChI is InChI=1S/C24H22N2O2S/c1-16(17-9-5-3-6-10-17)25-24(27)22-23(29-19-11-7-4-8-12-19)20-14-13-18(28-2)15-21(20)26-22/h3-16,26H,1-2H3,(H,25,27)/t16-/m0/s1. The van der Waals surface area contributed by atoms with E-state index in [9.17, 15) is 4.79 Å². The predicted molar refractivity (Wildman–Crippen MR) is 118 cm³/mol. The number of rotatable bonds is 6. The van der Waals surface area contributed by atoms with Crippen LogP contribution in [0.5, 0.6) is 5.75 Å². The number of benzene rings is 3. The maximum absolute atomic E-state index is 13.2. The van der Waals surface area contributed by atoms with E-state index in [1.54, 1.807) is 18.9 Å². The van der Waals surface area contributed by atoms with Crippen molar-refractivity contribution in [3.8, 4) is 5.75 Å². The third-order valence-electron chi connectivity index (χ3n) is 4.80. The zero-order valence-corrected chi connectivity index (χ0v) is 17.1. The van der Waals surface area contributed by atoms with Gasteiger partial charge in [-0.2, -0.15) is 0 Å². The minimum Gasteiger partial charge on any atom is -0.497 e. The lowest BCUT2D eigenvalue weighted by molar-refractivity contribution is 0.0932. The van der Waals surface area contributed by atoms with Crippen LogP contribution in [0.4, 0.5) is 0 Å². The third-order valence-corrected chi connectivity index (χ3v) is 5.93. The molecule has 0 bridgehead atoms. The lowest BCUT2D eigenvalue weighted by Gasteiger charge is -2.14. The molecule has 0 aliphatic carbocycles. The monoisotopic (exact) mass is 402 g/mol. The molecule has 146 valence electrons. The lowest BCUT2D eigenvalue weighted by atomic mass is 10.1. The number of carbonyl (C=O) groups is 1. The molecule has 0 aliphatic heterocycles. The number of carbonyl (C=O) groups excluding carboxylic acids is 1. The van der Waals surface area contributed by atoms with E-state index in [1.165, 1.54) is 0 Å². The molecule has 0 spiro atoms. The van der Waals surface area contributed by atoms with Gasteiger partial charge in [0.25, 0.3) is 5.91 Å². The second kappa shape index (κ2) is 8.45. The molecule has 1 aromatic heterocycles. The number of aromatic nitrogens is 1. The molecule has 5 heteroatoms. The van der Waals surface area contributed by atoms with E-state index in [0.717, 1.165) is 32.0 Å². The van der Waals surface area contributed by atoms with Gasteiger partial charge in [-0.15, -0.1) is 0 Å². The molecule has 4 rings (SSSR count). The SMILES string of the molecule is COc1ccc2c(Sc3ccccc3)c(C(=O)N[C@@H](C)c3ccccc3)[nH]c2c1. The minimum atomic E-state index is -0.130. The van der Waals surface area contributed by atoms with Crippen molar-refractivity contribution < 1.29 is 9.53 Å². The fraction of sp³-hybridized carbons (Fsp3) is 0.125. The van der Waals surface area contributed by atoms with Gasteiger partial charge in [0.05, 0.1) is 23.6 Å². The van der Waals surface area contributed by atoms with Gasteiger partial charge < -0.3 is 15.0 Å². The average Bonchev–Trinajstić information content (AvgIpc) is 3.12. The summed E-state index contributed by atoms with van der Waals surface area (Å²) in [5.41, 5.74) is 2.50. The van der Waals surface area contributed by atoms with E-state index in [4.69, 9.17) is 4.74 Å². The summed E-state index contributed by atoms with van der Waals surface area (Å²) in [5.74, 6) is 0.620. The summed E-state index contributed by atoms with van der Waals surface area (Å²) in [6.07, 6.45) is 0. The molecule has 0 saturated heterocycles. The van der Waals surface area contributed by atoms with Crippen molar-refractivity contribution in [3.63, 3.8) is 0 Å².